The summed E-state index contributed by atoms with van der Waals surface area (Å²) in [4.78, 5) is 49.4. The van der Waals surface area contributed by atoms with Crippen LogP contribution in [0.15, 0.2) is 0 Å². The van der Waals surface area contributed by atoms with Gasteiger partial charge in [0, 0.05) is 26.2 Å². The number of carbonyl (C=O) groups is 4. The van der Waals surface area contributed by atoms with Crippen molar-refractivity contribution >= 4 is 23.5 Å². The van der Waals surface area contributed by atoms with E-state index in [2.05, 4.69) is 0 Å². The van der Waals surface area contributed by atoms with Gasteiger partial charge in [-0.3, -0.25) is 33.9 Å². The highest BCUT2D eigenvalue weighted by atomic mass is 16.4. The van der Waals surface area contributed by atoms with Crippen molar-refractivity contribution in [3.8, 4) is 0 Å². The lowest BCUT2D eigenvalue weighted by Crippen LogP contribution is -2.44. The van der Waals surface area contributed by atoms with Crippen molar-refractivity contribution in [1.29, 1.82) is 0 Å². The molecule has 0 amide bonds. The highest BCUT2D eigenvalue weighted by Crippen LogP contribution is 1.97. The number of carbonyl (C=O) groups excluding carboxylic acids is 2. The van der Waals surface area contributed by atoms with Gasteiger partial charge in [-0.1, -0.05) is 6.92 Å². The normalized spacial score (nSPS) is 11.3. The van der Waals surface area contributed by atoms with E-state index < -0.39 is 11.9 Å². The molecule has 0 aliphatic rings. The van der Waals surface area contributed by atoms with Gasteiger partial charge in [-0.05, 0) is 20.4 Å². The average molecular weight is 359 g/mol. The van der Waals surface area contributed by atoms with Gasteiger partial charge in [-0.2, -0.15) is 0 Å². The third-order valence-corrected chi connectivity index (χ3v) is 3.52. The van der Waals surface area contributed by atoms with Crippen LogP contribution in [0.4, 0.5) is 0 Å². The van der Waals surface area contributed by atoms with Crippen LogP contribution in [0.3, 0.4) is 0 Å². The van der Waals surface area contributed by atoms with E-state index in [9.17, 15) is 19.2 Å². The number of carboxylic acids is 2. The lowest BCUT2D eigenvalue weighted by molar-refractivity contribution is -0.140. The molecule has 0 heterocycles. The van der Waals surface area contributed by atoms with Gasteiger partial charge >= 0.3 is 11.9 Å². The lowest BCUT2D eigenvalue weighted by Gasteiger charge is -2.27. The second-order valence-corrected chi connectivity index (χ2v) is 6.05. The topological polar surface area (TPSA) is 118 Å². The highest BCUT2D eigenvalue weighted by molar-refractivity contribution is 5.78. The van der Waals surface area contributed by atoms with Gasteiger partial charge in [0.25, 0.3) is 0 Å². The smallest absolute Gasteiger partial charge is 0.317 e. The highest BCUT2D eigenvalue weighted by Gasteiger charge is 2.16. The van der Waals surface area contributed by atoms with Crippen molar-refractivity contribution in [3.05, 3.63) is 0 Å². The van der Waals surface area contributed by atoms with Crippen LogP contribution in [0.25, 0.3) is 0 Å². The molecule has 0 aromatic rings. The van der Waals surface area contributed by atoms with Crippen molar-refractivity contribution in [2.75, 3.05) is 58.9 Å². The number of ketones is 2. The first-order valence-corrected chi connectivity index (χ1v) is 8.23. The Morgan fingerprint density at radius 3 is 1.40 bits per heavy atom. The minimum Gasteiger partial charge on any atom is -0.480 e. The van der Waals surface area contributed by atoms with Gasteiger partial charge in [0.1, 0.15) is 11.6 Å². The molecular formula is C16H29N3O6. The van der Waals surface area contributed by atoms with Gasteiger partial charge in [0.05, 0.1) is 26.2 Å². The van der Waals surface area contributed by atoms with E-state index in [-0.39, 0.29) is 37.7 Å². The number of rotatable bonds is 15. The van der Waals surface area contributed by atoms with E-state index in [1.54, 1.807) is 4.90 Å². The third-order valence-electron chi connectivity index (χ3n) is 3.52. The molecule has 0 saturated carbocycles. The molecule has 0 aliphatic heterocycles. The molecule has 2 N–H and O–H groups in total. The van der Waals surface area contributed by atoms with Gasteiger partial charge in [0.2, 0.25) is 0 Å². The van der Waals surface area contributed by atoms with Gasteiger partial charge < -0.3 is 10.2 Å². The van der Waals surface area contributed by atoms with Crippen LogP contribution in [-0.4, -0.2) is 107 Å². The molecule has 0 aromatic heterocycles. The summed E-state index contributed by atoms with van der Waals surface area (Å²) in [6.45, 7) is 6.93. The fourth-order valence-corrected chi connectivity index (χ4v) is 2.41. The summed E-state index contributed by atoms with van der Waals surface area (Å²) in [6, 6.07) is 0. The Morgan fingerprint density at radius 2 is 1.00 bits per heavy atom. The Hall–Kier alpha value is -1.84. The lowest BCUT2D eigenvalue weighted by atomic mass is 10.3. The van der Waals surface area contributed by atoms with Crippen LogP contribution in [0.2, 0.25) is 0 Å². The number of likely N-dealkylation sites (N-methyl/N-ethyl adjacent to an activating group) is 1. The molecule has 0 aromatic carbocycles. The fraction of sp³-hybridized carbons (Fsp3) is 0.750. The summed E-state index contributed by atoms with van der Waals surface area (Å²) in [7, 11) is 0. The second-order valence-electron chi connectivity index (χ2n) is 6.05. The van der Waals surface area contributed by atoms with Gasteiger partial charge in [-0.15, -0.1) is 0 Å². The van der Waals surface area contributed by atoms with E-state index in [4.69, 9.17) is 10.2 Å². The predicted octanol–water partition coefficient (Wildman–Crippen LogP) is -0.740. The van der Waals surface area contributed by atoms with Crippen LogP contribution < -0.4 is 0 Å². The van der Waals surface area contributed by atoms with Crippen LogP contribution in [0.1, 0.15) is 20.8 Å². The van der Waals surface area contributed by atoms with Crippen molar-refractivity contribution in [2.45, 2.75) is 20.8 Å². The Bertz CT molecular complexity index is 453. The molecule has 25 heavy (non-hydrogen) atoms. The molecule has 0 bridgehead atoms. The van der Waals surface area contributed by atoms with E-state index >= 15 is 0 Å². The summed E-state index contributed by atoms with van der Waals surface area (Å²) >= 11 is 0. The first-order valence-electron chi connectivity index (χ1n) is 8.23. The molecule has 144 valence electrons. The van der Waals surface area contributed by atoms with Crippen LogP contribution in [0.5, 0.6) is 0 Å². The van der Waals surface area contributed by atoms with Crippen LogP contribution in [0, 0.1) is 0 Å². The Balaban J connectivity index is 4.67. The van der Waals surface area contributed by atoms with Gasteiger partial charge in [-0.25, -0.2) is 0 Å². The molecule has 9 nitrogen and oxygen atoms in total. The maximum Gasteiger partial charge on any atom is 0.317 e. The zero-order valence-electron chi connectivity index (χ0n) is 15.2. The molecule has 0 aliphatic carbocycles. The third kappa shape index (κ3) is 13.2. The summed E-state index contributed by atoms with van der Waals surface area (Å²) < 4.78 is 0. The fourth-order valence-electron chi connectivity index (χ4n) is 2.41. The Kier molecular flexibility index (Phi) is 11.6. The molecule has 0 saturated heterocycles. The predicted molar refractivity (Wildman–Crippen MR) is 91.6 cm³/mol. The van der Waals surface area contributed by atoms with Crippen molar-refractivity contribution in [2.24, 2.45) is 0 Å². The summed E-state index contributed by atoms with van der Waals surface area (Å²) in [5.74, 6) is -2.12. The first-order chi connectivity index (χ1) is 11.6. The maximum absolute atomic E-state index is 11.2. The van der Waals surface area contributed by atoms with Crippen molar-refractivity contribution in [1.82, 2.24) is 14.7 Å². The molecule has 0 rings (SSSR count). The quantitative estimate of drug-likeness (QED) is 0.390. The largest absolute Gasteiger partial charge is 0.480 e. The van der Waals surface area contributed by atoms with Crippen LogP contribution >= 0.6 is 0 Å². The average Bonchev–Trinajstić information content (AvgIpc) is 2.46. The molecule has 9 heteroatoms. The van der Waals surface area contributed by atoms with Crippen molar-refractivity contribution < 1.29 is 29.4 Å². The van der Waals surface area contributed by atoms with E-state index in [0.717, 1.165) is 0 Å². The maximum atomic E-state index is 11.2. The number of hydrogen-bond acceptors (Lipinski definition) is 7. The monoisotopic (exact) mass is 359 g/mol. The zero-order valence-corrected chi connectivity index (χ0v) is 15.2. The molecule has 0 atom stereocenters. The standard InChI is InChI=1S/C16H29N3O6/c1-4-17(9-13(2)20)5-6-18(11-15(22)23)7-8-19(10-14(3)21)12-16(24)25/h4-12H2,1-3H3,(H,22,23)(H,24,25). The van der Waals surface area contributed by atoms with E-state index in [1.165, 1.54) is 18.7 Å². The number of hydrogen-bond donors (Lipinski definition) is 2. The molecule has 0 unspecified atom stereocenters. The number of Topliss-reactive ketones (excluding diaryl/α,β-unsaturated/α-hetero) is 2. The SMILES string of the molecule is CCN(CCN(CCN(CC(C)=O)CC(=O)O)CC(=O)O)CC(C)=O. The number of nitrogens with zero attached hydrogens (tertiary/aromatic N) is 3. The molecule has 0 fully saturated rings. The second kappa shape index (κ2) is 12.5. The first kappa shape index (κ1) is 23.2. The number of aliphatic carboxylic acids is 2. The Morgan fingerprint density at radius 1 is 0.640 bits per heavy atom. The summed E-state index contributed by atoms with van der Waals surface area (Å²) in [5.41, 5.74) is 0. The van der Waals surface area contributed by atoms with E-state index in [1.807, 2.05) is 11.8 Å². The molecular weight excluding hydrogens is 330 g/mol. The van der Waals surface area contributed by atoms with E-state index in [0.29, 0.717) is 32.7 Å². The molecule has 0 spiro atoms. The van der Waals surface area contributed by atoms with Crippen LogP contribution in [-0.2, 0) is 19.2 Å². The van der Waals surface area contributed by atoms with Gasteiger partial charge in [0.15, 0.2) is 0 Å². The number of carboxylic acid groups (broad SMARTS) is 2. The summed E-state index contributed by atoms with van der Waals surface area (Å²) in [5, 5.41) is 17.9. The minimum absolute atomic E-state index is 0.0125. The zero-order chi connectivity index (χ0) is 19.4. The summed E-state index contributed by atoms with van der Waals surface area (Å²) in [6.07, 6.45) is 0. The molecule has 0 radical (unpaired) electrons. The minimum atomic E-state index is -1.04. The Labute approximate surface area is 148 Å². The van der Waals surface area contributed by atoms with Crippen molar-refractivity contribution in [3.63, 3.8) is 0 Å².